The molecule has 0 N–H and O–H groups in total. The third-order valence-electron chi connectivity index (χ3n) is 3.11. The Labute approximate surface area is 99.6 Å². The fraction of sp³-hybridized carbons (Fsp3) is 0.750. The third kappa shape index (κ3) is 4.14. The van der Waals surface area contributed by atoms with Crippen LogP contribution in [0.5, 0.6) is 0 Å². The second-order valence-electron chi connectivity index (χ2n) is 4.99. The molecule has 0 bridgehead atoms. The van der Waals surface area contributed by atoms with E-state index in [1.807, 2.05) is 0 Å². The molecule has 0 atom stereocenters. The van der Waals surface area contributed by atoms with E-state index in [1.54, 1.807) is 0 Å². The average Bonchev–Trinajstić information content (AvgIpc) is 1.98. The predicted molar refractivity (Wildman–Crippen MR) is 73.2 cm³/mol. The van der Waals surface area contributed by atoms with E-state index in [0.717, 1.165) is 17.0 Å². The summed E-state index contributed by atoms with van der Waals surface area (Å²) in [5.74, 6) is 0. The van der Waals surface area contributed by atoms with Gasteiger partial charge in [0.05, 0.1) is 0 Å². The molecular weight excluding hydrogens is 208 g/mol. The van der Waals surface area contributed by atoms with E-state index in [4.69, 9.17) is 12.2 Å². The Morgan fingerprint density at radius 1 is 1.29 bits per heavy atom. The van der Waals surface area contributed by atoms with Gasteiger partial charge in [0, 0.05) is 4.20 Å². The van der Waals surface area contributed by atoms with Crippen molar-refractivity contribution in [1.82, 2.24) is 0 Å². The van der Waals surface area contributed by atoms with Gasteiger partial charge in [0.15, 0.2) is 0 Å². The molecule has 0 aromatic heterocycles. The van der Waals surface area contributed by atoms with Crippen LogP contribution in [0.3, 0.4) is 0 Å². The first-order valence-electron chi connectivity index (χ1n) is 5.12. The minimum atomic E-state index is 0.163. The van der Waals surface area contributed by atoms with Gasteiger partial charge in [0.25, 0.3) is 0 Å². The van der Waals surface area contributed by atoms with Crippen molar-refractivity contribution in [2.45, 2.75) is 47.5 Å². The molecule has 2 heteroatoms. The molecule has 0 aromatic carbocycles. The molecule has 0 saturated heterocycles. The van der Waals surface area contributed by atoms with Crippen molar-refractivity contribution < 1.29 is 0 Å². The first-order valence-corrected chi connectivity index (χ1v) is 5.98. The summed E-state index contributed by atoms with van der Waals surface area (Å²) in [5.41, 5.74) is 0.327. The van der Waals surface area contributed by atoms with E-state index in [-0.39, 0.29) is 10.8 Å². The summed E-state index contributed by atoms with van der Waals surface area (Å²) >= 11 is 9.29. The van der Waals surface area contributed by atoms with Gasteiger partial charge in [-0.1, -0.05) is 59.0 Å². The summed E-state index contributed by atoms with van der Waals surface area (Å²) in [6, 6.07) is 0. The summed E-state index contributed by atoms with van der Waals surface area (Å²) < 4.78 is 0.799. The molecule has 0 amide bonds. The van der Waals surface area contributed by atoms with E-state index in [9.17, 15) is 0 Å². The second-order valence-corrected chi connectivity index (χ2v) is 6.32. The maximum absolute atomic E-state index is 5.07. The highest BCUT2D eigenvalue weighted by molar-refractivity contribution is 8.11. The second kappa shape index (κ2) is 5.32. The van der Waals surface area contributed by atoms with E-state index in [0.29, 0.717) is 0 Å². The number of allylic oxidation sites excluding steroid dienone is 2. The van der Waals surface area contributed by atoms with Crippen LogP contribution in [0.2, 0.25) is 0 Å². The first kappa shape index (κ1) is 14.2. The van der Waals surface area contributed by atoms with Crippen LogP contribution in [0.25, 0.3) is 0 Å². The Balaban J connectivity index is 4.68. The molecule has 0 aromatic rings. The van der Waals surface area contributed by atoms with Gasteiger partial charge in [-0.2, -0.15) is 0 Å². The largest absolute Gasteiger partial charge is 0.136 e. The highest BCUT2D eigenvalue weighted by Gasteiger charge is 2.34. The Morgan fingerprint density at radius 2 is 1.79 bits per heavy atom. The molecule has 0 heterocycles. The van der Waals surface area contributed by atoms with Gasteiger partial charge in [-0.3, -0.25) is 0 Å². The fourth-order valence-electron chi connectivity index (χ4n) is 1.24. The van der Waals surface area contributed by atoms with Crippen molar-refractivity contribution in [1.29, 1.82) is 0 Å². The van der Waals surface area contributed by atoms with Gasteiger partial charge in [0.2, 0.25) is 0 Å². The normalized spacial score (nSPS) is 13.6. The molecule has 14 heavy (non-hydrogen) atoms. The molecule has 0 nitrogen and oxygen atoms in total. The molecule has 82 valence electrons. The van der Waals surface area contributed by atoms with Crippen LogP contribution in [-0.2, 0) is 0 Å². The zero-order valence-electron chi connectivity index (χ0n) is 9.92. The lowest BCUT2D eigenvalue weighted by Gasteiger charge is -2.39. The molecule has 0 fully saturated rings. The number of thiocarbonyl (C=S) groups is 1. The molecule has 0 aliphatic heterocycles. The van der Waals surface area contributed by atoms with Crippen LogP contribution in [0.15, 0.2) is 12.2 Å². The van der Waals surface area contributed by atoms with E-state index < -0.39 is 0 Å². The monoisotopic (exact) mass is 230 g/mol. The highest BCUT2D eigenvalue weighted by atomic mass is 32.1. The van der Waals surface area contributed by atoms with E-state index in [1.165, 1.54) is 0 Å². The average molecular weight is 230 g/mol. The number of thiol groups is 1. The molecule has 0 spiro atoms. The van der Waals surface area contributed by atoms with Gasteiger partial charge in [-0.05, 0) is 23.7 Å². The Morgan fingerprint density at radius 3 is 2.14 bits per heavy atom. The van der Waals surface area contributed by atoms with Gasteiger partial charge in [0.1, 0.15) is 0 Å². The lowest BCUT2D eigenvalue weighted by Crippen LogP contribution is -2.31. The molecule has 0 radical (unpaired) electrons. The van der Waals surface area contributed by atoms with Crippen molar-refractivity contribution in [3.63, 3.8) is 0 Å². The standard InChI is InChI=1S/C12H22S2/c1-6-7-8-11(2,3)12(4,5)9-10(13)14/h7-8H,6,9H2,1-5H3,(H,13,14)/b8-7+. The Hall–Kier alpha value is 0.180. The molecule has 0 unspecified atom stereocenters. The lowest BCUT2D eigenvalue weighted by molar-refractivity contribution is 0.177. The van der Waals surface area contributed by atoms with Crippen LogP contribution in [0.4, 0.5) is 0 Å². The van der Waals surface area contributed by atoms with Crippen molar-refractivity contribution in [3.05, 3.63) is 12.2 Å². The molecular formula is C12H22S2. The SMILES string of the molecule is CC/C=C/C(C)(C)C(C)(C)CC(=S)S. The summed E-state index contributed by atoms with van der Waals surface area (Å²) in [6.45, 7) is 11.2. The van der Waals surface area contributed by atoms with Gasteiger partial charge in [-0.15, -0.1) is 12.6 Å². The first-order chi connectivity index (χ1) is 6.23. The molecule has 0 aliphatic carbocycles. The Kier molecular flexibility index (Phi) is 5.38. The maximum Gasteiger partial charge on any atom is 0.0453 e. The Bertz CT molecular complexity index is 224. The fourth-order valence-corrected chi connectivity index (χ4v) is 2.00. The molecule has 0 aliphatic rings. The van der Waals surface area contributed by atoms with Gasteiger partial charge in [-0.25, -0.2) is 0 Å². The van der Waals surface area contributed by atoms with Gasteiger partial charge < -0.3 is 0 Å². The summed E-state index contributed by atoms with van der Waals surface area (Å²) in [4.78, 5) is 0. The quantitative estimate of drug-likeness (QED) is 0.407. The van der Waals surface area contributed by atoms with Crippen molar-refractivity contribution >= 4 is 29.0 Å². The number of hydrogen-bond acceptors (Lipinski definition) is 1. The summed E-state index contributed by atoms with van der Waals surface area (Å²) in [5, 5.41) is 0. The topological polar surface area (TPSA) is 0 Å². The maximum atomic E-state index is 5.07. The predicted octanol–water partition coefficient (Wildman–Crippen LogP) is 4.65. The van der Waals surface area contributed by atoms with Crippen molar-refractivity contribution in [3.8, 4) is 0 Å². The minimum Gasteiger partial charge on any atom is -0.136 e. The van der Waals surface area contributed by atoms with Gasteiger partial charge >= 0.3 is 0 Å². The van der Waals surface area contributed by atoms with Crippen LogP contribution in [0.1, 0.15) is 47.5 Å². The van der Waals surface area contributed by atoms with E-state index in [2.05, 4.69) is 59.4 Å². The summed E-state index contributed by atoms with van der Waals surface area (Å²) in [7, 11) is 0. The minimum absolute atomic E-state index is 0.163. The number of rotatable bonds is 5. The zero-order valence-corrected chi connectivity index (χ0v) is 11.6. The van der Waals surface area contributed by atoms with Crippen LogP contribution < -0.4 is 0 Å². The highest BCUT2D eigenvalue weighted by Crippen LogP contribution is 2.43. The van der Waals surface area contributed by atoms with Crippen LogP contribution in [0, 0.1) is 10.8 Å². The summed E-state index contributed by atoms with van der Waals surface area (Å²) in [6.07, 6.45) is 6.49. The number of hydrogen-bond donors (Lipinski definition) is 1. The van der Waals surface area contributed by atoms with Crippen molar-refractivity contribution in [2.75, 3.05) is 0 Å². The zero-order chi connectivity index (χ0) is 11.4. The smallest absolute Gasteiger partial charge is 0.0453 e. The molecule has 0 saturated carbocycles. The van der Waals surface area contributed by atoms with Crippen molar-refractivity contribution in [2.24, 2.45) is 10.8 Å². The van der Waals surface area contributed by atoms with Crippen LogP contribution in [-0.4, -0.2) is 4.20 Å². The van der Waals surface area contributed by atoms with Crippen LogP contribution >= 0.6 is 24.8 Å². The molecule has 0 rings (SSSR count). The van der Waals surface area contributed by atoms with E-state index >= 15 is 0 Å². The third-order valence-corrected chi connectivity index (χ3v) is 3.41. The lowest BCUT2D eigenvalue weighted by atomic mass is 9.66.